The molecule has 4 rings (SSSR count). The molecule has 1 saturated heterocycles. The van der Waals surface area contributed by atoms with Crippen LogP contribution in [0.4, 0.5) is 10.7 Å². The lowest BCUT2D eigenvalue weighted by atomic mass is 10.1. The molecule has 2 aromatic heterocycles. The number of alkyl carbamates (subject to hydrolysis) is 1. The van der Waals surface area contributed by atoms with Crippen molar-refractivity contribution >= 4 is 23.2 Å². The summed E-state index contributed by atoms with van der Waals surface area (Å²) in [5.41, 5.74) is -0.428. The number of hydrogen-bond acceptors (Lipinski definition) is 8. The number of nitrogens with zero attached hydrogens (tertiary/aromatic N) is 6. The van der Waals surface area contributed by atoms with Gasteiger partial charge in [-0.2, -0.15) is 10.2 Å². The summed E-state index contributed by atoms with van der Waals surface area (Å²) in [6.45, 7) is 8.29. The number of hydrogen-bond donors (Lipinski definition) is 1. The topological polar surface area (TPSA) is 136 Å². The van der Waals surface area contributed by atoms with Crippen molar-refractivity contribution in [3.8, 4) is 23.7 Å². The predicted molar refractivity (Wildman–Crippen MR) is 154 cm³/mol. The smallest absolute Gasteiger partial charge is 0.407 e. The van der Waals surface area contributed by atoms with E-state index in [4.69, 9.17) is 14.5 Å². The molecular formula is C29H35N7O5. The Morgan fingerprint density at radius 3 is 2.66 bits per heavy atom. The summed E-state index contributed by atoms with van der Waals surface area (Å²) in [5.74, 6) is 6.88. The Labute approximate surface area is 238 Å². The van der Waals surface area contributed by atoms with Gasteiger partial charge in [-0.15, -0.1) is 5.92 Å². The molecule has 216 valence electrons. The quantitative estimate of drug-likeness (QED) is 0.453. The Morgan fingerprint density at radius 1 is 1.24 bits per heavy atom. The number of nitriles is 1. The first-order chi connectivity index (χ1) is 19.5. The van der Waals surface area contributed by atoms with E-state index in [1.165, 1.54) is 11.7 Å². The van der Waals surface area contributed by atoms with E-state index in [1.807, 2.05) is 25.7 Å². The number of imidazole rings is 1. The van der Waals surface area contributed by atoms with Gasteiger partial charge in [0.2, 0.25) is 5.95 Å². The summed E-state index contributed by atoms with van der Waals surface area (Å²) in [4.78, 5) is 46.5. The number of anilines is 1. The lowest BCUT2D eigenvalue weighted by Crippen LogP contribution is -2.49. The number of methoxy groups -OCH3 is 1. The molecule has 3 aromatic rings. The maximum Gasteiger partial charge on any atom is 0.407 e. The van der Waals surface area contributed by atoms with Gasteiger partial charge in [0, 0.05) is 26.2 Å². The highest BCUT2D eigenvalue weighted by atomic mass is 16.6. The molecule has 3 heterocycles. The number of carbonyl (C=O) groups excluding carboxylic acids is 1. The zero-order valence-corrected chi connectivity index (χ0v) is 24.3. The fourth-order valence-electron chi connectivity index (χ4n) is 4.91. The van der Waals surface area contributed by atoms with Gasteiger partial charge in [-0.05, 0) is 64.3 Å². The molecule has 1 aliphatic rings. The van der Waals surface area contributed by atoms with Gasteiger partial charge in [-0.1, -0.05) is 5.92 Å². The second-order valence-corrected chi connectivity index (χ2v) is 10.9. The van der Waals surface area contributed by atoms with Gasteiger partial charge >= 0.3 is 11.8 Å². The Bertz CT molecular complexity index is 1690. The fraction of sp³-hybridized carbons (Fsp3) is 0.483. The van der Waals surface area contributed by atoms with Gasteiger partial charge in [0.15, 0.2) is 11.2 Å². The van der Waals surface area contributed by atoms with E-state index in [-0.39, 0.29) is 30.3 Å². The minimum Gasteiger partial charge on any atom is -0.497 e. The standard InChI is InChI=1S/C29H35N7O5/c1-7-8-14-35-23-24(32-26(35)34-13-9-10-21(18-34)31-27(38)41-29(2,3)4)33(5)28(39)36(25(23)37)17-20-15-22(40-6)12-11-19(20)16-30/h11-12,15,21H,9-10,13-14,17-18H2,1-6H3,(H,31,38)/t21-/m1/s1. The van der Waals surface area contributed by atoms with Gasteiger partial charge in [0.05, 0.1) is 31.8 Å². The monoisotopic (exact) mass is 561 g/mol. The van der Waals surface area contributed by atoms with Crippen molar-refractivity contribution in [2.45, 2.75) is 65.3 Å². The molecule has 0 bridgehead atoms. The molecule has 0 radical (unpaired) electrons. The average molecular weight is 562 g/mol. The van der Waals surface area contributed by atoms with Crippen LogP contribution in [0.3, 0.4) is 0 Å². The van der Waals surface area contributed by atoms with Crippen LogP contribution in [-0.2, 0) is 24.9 Å². The number of aromatic nitrogens is 4. The fourth-order valence-corrected chi connectivity index (χ4v) is 4.91. The number of piperidine rings is 1. The van der Waals surface area contributed by atoms with Crippen LogP contribution in [0, 0.1) is 23.2 Å². The molecule has 12 nitrogen and oxygen atoms in total. The van der Waals surface area contributed by atoms with Gasteiger partial charge < -0.3 is 19.7 Å². The number of amides is 1. The highest BCUT2D eigenvalue weighted by Crippen LogP contribution is 2.24. The third-order valence-electron chi connectivity index (χ3n) is 6.81. The molecule has 0 unspecified atom stereocenters. The molecule has 0 spiro atoms. The van der Waals surface area contributed by atoms with Crippen LogP contribution in [0.5, 0.6) is 5.75 Å². The van der Waals surface area contributed by atoms with Crippen molar-refractivity contribution in [3.05, 3.63) is 50.2 Å². The van der Waals surface area contributed by atoms with E-state index in [9.17, 15) is 19.6 Å². The number of ether oxygens (including phenoxy) is 2. The van der Waals surface area contributed by atoms with Gasteiger partial charge in [0.25, 0.3) is 5.56 Å². The molecule has 1 amide bonds. The van der Waals surface area contributed by atoms with Crippen molar-refractivity contribution in [2.24, 2.45) is 7.05 Å². The number of carbonyl (C=O) groups is 1. The normalized spacial score (nSPS) is 15.1. The van der Waals surface area contributed by atoms with Crippen molar-refractivity contribution < 1.29 is 14.3 Å². The van der Waals surface area contributed by atoms with Crippen LogP contribution >= 0.6 is 0 Å². The number of aryl methyl sites for hydroxylation is 1. The van der Waals surface area contributed by atoms with Crippen molar-refractivity contribution in [1.29, 1.82) is 5.26 Å². The van der Waals surface area contributed by atoms with E-state index in [2.05, 4.69) is 23.2 Å². The van der Waals surface area contributed by atoms with Crippen molar-refractivity contribution in [2.75, 3.05) is 25.1 Å². The van der Waals surface area contributed by atoms with Crippen LogP contribution < -0.4 is 26.2 Å². The predicted octanol–water partition coefficient (Wildman–Crippen LogP) is 2.34. The molecule has 12 heteroatoms. The van der Waals surface area contributed by atoms with Crippen LogP contribution in [0.25, 0.3) is 11.2 Å². The molecule has 1 N–H and O–H groups in total. The van der Waals surface area contributed by atoms with Crippen LogP contribution in [-0.4, -0.2) is 56.6 Å². The van der Waals surface area contributed by atoms with E-state index < -0.39 is 22.9 Å². The number of benzene rings is 1. The third kappa shape index (κ3) is 6.22. The lowest BCUT2D eigenvalue weighted by Gasteiger charge is -2.34. The summed E-state index contributed by atoms with van der Waals surface area (Å²) in [6.07, 6.45) is 1.05. The van der Waals surface area contributed by atoms with Gasteiger partial charge in [-0.25, -0.2) is 9.59 Å². The van der Waals surface area contributed by atoms with Crippen LogP contribution in [0.2, 0.25) is 0 Å². The molecule has 1 fully saturated rings. The van der Waals surface area contributed by atoms with Gasteiger partial charge in [-0.3, -0.25) is 18.5 Å². The maximum atomic E-state index is 13.9. The Morgan fingerprint density at radius 2 is 2.00 bits per heavy atom. The summed E-state index contributed by atoms with van der Waals surface area (Å²) in [6, 6.07) is 6.81. The summed E-state index contributed by atoms with van der Waals surface area (Å²) >= 11 is 0. The van der Waals surface area contributed by atoms with E-state index in [0.717, 1.165) is 17.4 Å². The minimum atomic E-state index is -0.616. The summed E-state index contributed by atoms with van der Waals surface area (Å²) in [5, 5.41) is 12.5. The first-order valence-electron chi connectivity index (χ1n) is 13.4. The Kier molecular flexibility index (Phi) is 8.43. The van der Waals surface area contributed by atoms with E-state index in [0.29, 0.717) is 35.9 Å². The molecular weight excluding hydrogens is 526 g/mol. The molecule has 0 saturated carbocycles. The largest absolute Gasteiger partial charge is 0.497 e. The highest BCUT2D eigenvalue weighted by Gasteiger charge is 2.29. The van der Waals surface area contributed by atoms with Gasteiger partial charge in [0.1, 0.15) is 11.4 Å². The molecule has 41 heavy (non-hydrogen) atoms. The number of rotatable bonds is 6. The van der Waals surface area contributed by atoms with Crippen molar-refractivity contribution in [3.63, 3.8) is 0 Å². The SMILES string of the molecule is CC#CCn1c(N2CCC[C@@H](NC(=O)OC(C)(C)C)C2)nc2c1c(=O)n(Cc1cc(OC)ccc1C#N)c(=O)n2C. The van der Waals surface area contributed by atoms with Crippen LogP contribution in [0.1, 0.15) is 51.7 Å². The third-order valence-corrected chi connectivity index (χ3v) is 6.81. The average Bonchev–Trinajstić information content (AvgIpc) is 3.31. The first-order valence-corrected chi connectivity index (χ1v) is 13.4. The molecule has 0 aliphatic carbocycles. The molecule has 1 aromatic carbocycles. The van der Waals surface area contributed by atoms with Crippen molar-refractivity contribution in [1.82, 2.24) is 24.0 Å². The lowest BCUT2D eigenvalue weighted by molar-refractivity contribution is 0.0499. The Balaban J connectivity index is 1.79. The minimum absolute atomic E-state index is 0.118. The zero-order chi connectivity index (χ0) is 29.9. The first kappa shape index (κ1) is 29.3. The zero-order valence-electron chi connectivity index (χ0n) is 24.3. The second-order valence-electron chi connectivity index (χ2n) is 10.9. The molecule has 1 aliphatic heterocycles. The maximum absolute atomic E-state index is 13.9. The highest BCUT2D eigenvalue weighted by molar-refractivity contribution is 5.75. The van der Waals surface area contributed by atoms with E-state index in [1.54, 1.807) is 36.7 Å². The van der Waals surface area contributed by atoms with E-state index >= 15 is 0 Å². The summed E-state index contributed by atoms with van der Waals surface area (Å²) < 4.78 is 14.9. The second kappa shape index (κ2) is 11.8. The summed E-state index contributed by atoms with van der Waals surface area (Å²) in [7, 11) is 3.07. The Hall–Kier alpha value is -4.71. The number of fused-ring (bicyclic) bond motifs is 1. The molecule has 1 atom stereocenters. The van der Waals surface area contributed by atoms with Crippen LogP contribution in [0.15, 0.2) is 27.8 Å². The number of nitrogens with one attached hydrogen (secondary N) is 1.